The summed E-state index contributed by atoms with van der Waals surface area (Å²) in [7, 11) is 0. The second-order valence-corrected chi connectivity index (χ2v) is 5.70. The van der Waals surface area contributed by atoms with Crippen molar-refractivity contribution in [1.29, 1.82) is 0 Å². The van der Waals surface area contributed by atoms with Gasteiger partial charge >= 0.3 is 11.9 Å². The highest BCUT2D eigenvalue weighted by Gasteiger charge is 2.64. The maximum absolute atomic E-state index is 11.6. The fourth-order valence-corrected chi connectivity index (χ4v) is 4.60. The molecule has 1 saturated heterocycles. The number of hydrogen-bond donors (Lipinski definition) is 1. The van der Waals surface area contributed by atoms with Crippen LogP contribution in [0.1, 0.15) is 12.8 Å². The highest BCUT2D eigenvalue weighted by Crippen LogP contribution is 2.56. The van der Waals surface area contributed by atoms with E-state index in [-0.39, 0.29) is 34.7 Å². The van der Waals surface area contributed by atoms with Gasteiger partial charge in [0, 0.05) is 5.92 Å². The number of hydrogen-bond acceptors (Lipinski definition) is 3. The van der Waals surface area contributed by atoms with Crippen molar-refractivity contribution >= 4 is 27.9 Å². The largest absolute Gasteiger partial charge is 0.481 e. The molecule has 82 valence electrons. The Kier molecular flexibility index (Phi) is 1.90. The highest BCUT2D eigenvalue weighted by atomic mass is 79.9. The lowest BCUT2D eigenvalue weighted by Gasteiger charge is -2.45. The van der Waals surface area contributed by atoms with Crippen LogP contribution in [-0.2, 0) is 14.3 Å². The minimum Gasteiger partial charge on any atom is -0.481 e. The fraction of sp³-hybridized carbons (Fsp3) is 0.800. The van der Waals surface area contributed by atoms with Crippen LogP contribution in [-0.4, -0.2) is 28.0 Å². The summed E-state index contributed by atoms with van der Waals surface area (Å²) < 4.78 is 5.26. The molecule has 1 N–H and O–H groups in total. The summed E-state index contributed by atoms with van der Waals surface area (Å²) in [5.74, 6) is -1.91. The predicted molar refractivity (Wildman–Crippen MR) is 53.4 cm³/mol. The Bertz CT molecular complexity index is 342. The van der Waals surface area contributed by atoms with Gasteiger partial charge in [-0.2, -0.15) is 0 Å². The third kappa shape index (κ3) is 1.07. The molecular weight excluding hydrogens is 264 g/mol. The Labute approximate surface area is 95.1 Å². The molecule has 0 spiro atoms. The molecule has 4 nitrogen and oxygen atoms in total. The van der Waals surface area contributed by atoms with E-state index in [2.05, 4.69) is 15.9 Å². The van der Waals surface area contributed by atoms with Gasteiger partial charge in [0.05, 0.1) is 16.7 Å². The summed E-state index contributed by atoms with van der Waals surface area (Å²) >= 11 is 3.49. The molecule has 1 aliphatic heterocycles. The number of fused-ring (bicyclic) bond motifs is 1. The average molecular weight is 275 g/mol. The van der Waals surface area contributed by atoms with Crippen molar-refractivity contribution in [2.75, 3.05) is 0 Å². The lowest BCUT2D eigenvalue weighted by atomic mass is 9.59. The first-order chi connectivity index (χ1) is 7.11. The molecule has 5 heteroatoms. The van der Waals surface area contributed by atoms with Crippen LogP contribution in [0.25, 0.3) is 0 Å². The molecule has 4 fully saturated rings. The van der Waals surface area contributed by atoms with Crippen molar-refractivity contribution in [1.82, 2.24) is 0 Å². The summed E-state index contributed by atoms with van der Waals surface area (Å²) in [6.07, 6.45) is 1.73. The first-order valence-corrected chi connectivity index (χ1v) is 6.10. The maximum Gasteiger partial charge on any atom is 0.310 e. The topological polar surface area (TPSA) is 63.6 Å². The summed E-state index contributed by atoms with van der Waals surface area (Å²) in [5, 5.41) is 9.19. The maximum atomic E-state index is 11.6. The van der Waals surface area contributed by atoms with E-state index in [4.69, 9.17) is 4.74 Å². The number of carbonyl (C=O) groups is 2. The van der Waals surface area contributed by atoms with Gasteiger partial charge in [0.25, 0.3) is 0 Å². The summed E-state index contributed by atoms with van der Waals surface area (Å²) in [6, 6.07) is 0. The molecule has 4 aliphatic rings. The summed E-state index contributed by atoms with van der Waals surface area (Å²) in [6.45, 7) is 0. The van der Waals surface area contributed by atoms with Crippen LogP contribution in [0.15, 0.2) is 0 Å². The Morgan fingerprint density at radius 3 is 2.73 bits per heavy atom. The number of ether oxygens (including phenoxy) is 1. The van der Waals surface area contributed by atoms with Crippen LogP contribution in [0.5, 0.6) is 0 Å². The smallest absolute Gasteiger partial charge is 0.310 e. The molecule has 0 amide bonds. The van der Waals surface area contributed by atoms with Crippen molar-refractivity contribution in [3.63, 3.8) is 0 Å². The minimum atomic E-state index is -0.851. The number of alkyl halides is 1. The second-order valence-electron chi connectivity index (χ2n) is 4.64. The van der Waals surface area contributed by atoms with Gasteiger partial charge in [-0.15, -0.1) is 0 Å². The SMILES string of the molecule is O=C(O)C1C2CCC3C(OC(=O)C31)C2Br. The van der Waals surface area contributed by atoms with Gasteiger partial charge in [0.2, 0.25) is 0 Å². The predicted octanol–water partition coefficient (Wildman–Crippen LogP) is 1.03. The van der Waals surface area contributed by atoms with E-state index in [9.17, 15) is 14.7 Å². The van der Waals surface area contributed by atoms with E-state index < -0.39 is 11.9 Å². The van der Waals surface area contributed by atoms with Crippen molar-refractivity contribution < 1.29 is 19.4 Å². The molecular formula is C10H11BrO4. The van der Waals surface area contributed by atoms with E-state index in [0.29, 0.717) is 0 Å². The zero-order valence-electron chi connectivity index (χ0n) is 7.93. The molecule has 3 saturated carbocycles. The minimum absolute atomic E-state index is 0.0278. The van der Waals surface area contributed by atoms with Crippen LogP contribution in [0.4, 0.5) is 0 Å². The second kappa shape index (κ2) is 2.97. The van der Waals surface area contributed by atoms with Crippen LogP contribution in [0.3, 0.4) is 0 Å². The third-order valence-corrected chi connectivity index (χ3v) is 5.30. The molecule has 15 heavy (non-hydrogen) atoms. The van der Waals surface area contributed by atoms with E-state index in [0.717, 1.165) is 12.8 Å². The Morgan fingerprint density at radius 2 is 2.07 bits per heavy atom. The number of aliphatic carboxylic acids is 1. The molecule has 1 heterocycles. The number of carboxylic acids is 1. The lowest BCUT2D eigenvalue weighted by Crippen LogP contribution is -2.53. The molecule has 6 atom stereocenters. The van der Waals surface area contributed by atoms with Crippen molar-refractivity contribution in [2.24, 2.45) is 23.7 Å². The van der Waals surface area contributed by atoms with Crippen LogP contribution in [0.2, 0.25) is 0 Å². The van der Waals surface area contributed by atoms with Crippen LogP contribution >= 0.6 is 15.9 Å². The highest BCUT2D eigenvalue weighted by molar-refractivity contribution is 9.09. The molecule has 6 unspecified atom stereocenters. The van der Waals surface area contributed by atoms with E-state index in [1.807, 2.05) is 0 Å². The monoisotopic (exact) mass is 274 g/mol. The van der Waals surface area contributed by atoms with Gasteiger partial charge in [-0.1, -0.05) is 15.9 Å². The van der Waals surface area contributed by atoms with Crippen LogP contribution < -0.4 is 0 Å². The fourth-order valence-electron chi connectivity index (χ4n) is 3.51. The van der Waals surface area contributed by atoms with Gasteiger partial charge in [0.1, 0.15) is 6.10 Å². The van der Waals surface area contributed by atoms with Gasteiger partial charge < -0.3 is 9.84 Å². The van der Waals surface area contributed by atoms with Gasteiger partial charge in [-0.25, -0.2) is 0 Å². The third-order valence-electron chi connectivity index (χ3n) is 4.10. The summed E-state index contributed by atoms with van der Waals surface area (Å²) in [4.78, 5) is 22.8. The van der Waals surface area contributed by atoms with Crippen molar-refractivity contribution in [3.05, 3.63) is 0 Å². The first kappa shape index (κ1) is 9.63. The van der Waals surface area contributed by atoms with Gasteiger partial charge in [-0.3, -0.25) is 9.59 Å². The molecule has 0 radical (unpaired) electrons. The average Bonchev–Trinajstić information content (AvgIpc) is 2.49. The number of carboxylic acid groups (broad SMARTS) is 1. The molecule has 4 bridgehead atoms. The van der Waals surface area contributed by atoms with Gasteiger partial charge in [0.15, 0.2) is 0 Å². The Morgan fingerprint density at radius 1 is 1.40 bits per heavy atom. The number of halogens is 1. The molecule has 4 rings (SSSR count). The quantitative estimate of drug-likeness (QED) is 0.573. The Balaban J connectivity index is 2.05. The van der Waals surface area contributed by atoms with Crippen molar-refractivity contribution in [2.45, 2.75) is 23.8 Å². The zero-order valence-corrected chi connectivity index (χ0v) is 9.51. The molecule has 0 aromatic rings. The normalized spacial score (nSPS) is 51.7. The zero-order chi connectivity index (χ0) is 10.7. The van der Waals surface area contributed by atoms with E-state index >= 15 is 0 Å². The van der Waals surface area contributed by atoms with E-state index in [1.165, 1.54) is 0 Å². The Hall–Kier alpha value is -0.580. The first-order valence-electron chi connectivity index (χ1n) is 5.18. The van der Waals surface area contributed by atoms with Crippen molar-refractivity contribution in [3.8, 4) is 0 Å². The van der Waals surface area contributed by atoms with E-state index in [1.54, 1.807) is 0 Å². The number of rotatable bonds is 1. The number of esters is 1. The molecule has 0 aromatic carbocycles. The standard InChI is InChI=1S/C10H11BrO4/c11-7-3-1-2-4-6(5(3)9(12)13)10(14)15-8(4)7/h3-8H,1-2H2,(H,12,13). The van der Waals surface area contributed by atoms with Crippen LogP contribution in [0, 0.1) is 23.7 Å². The molecule has 0 aromatic heterocycles. The summed E-state index contributed by atoms with van der Waals surface area (Å²) in [5.41, 5.74) is 0. The number of carbonyl (C=O) groups excluding carboxylic acids is 1. The lowest BCUT2D eigenvalue weighted by molar-refractivity contribution is -0.154. The van der Waals surface area contributed by atoms with Gasteiger partial charge in [-0.05, 0) is 18.8 Å². The molecule has 3 aliphatic carbocycles.